The Hall–Kier alpha value is -1.07. The molecule has 16 heavy (non-hydrogen) atoms. The molecule has 0 aliphatic heterocycles. The van der Waals surface area contributed by atoms with Crippen LogP contribution >= 0.6 is 10.7 Å². The predicted octanol–water partition coefficient (Wildman–Crippen LogP) is 1.50. The van der Waals surface area contributed by atoms with E-state index < -0.39 is 26.7 Å². The van der Waals surface area contributed by atoms with Gasteiger partial charge in [0.2, 0.25) is 9.05 Å². The van der Waals surface area contributed by atoms with E-state index in [1.165, 1.54) is 0 Å². The monoisotopic (exact) mass is 262 g/mol. The number of carbonyl (C=O) groups is 1. The van der Waals surface area contributed by atoms with Gasteiger partial charge in [-0.2, -0.15) is 0 Å². The average Bonchev–Trinajstić information content (AvgIpc) is 2.16. The first-order valence-electron chi connectivity index (χ1n) is 4.57. The van der Waals surface area contributed by atoms with Gasteiger partial charge in [0.1, 0.15) is 0 Å². The maximum atomic E-state index is 10.9. The number of carboxylic acids is 1. The summed E-state index contributed by atoms with van der Waals surface area (Å²) >= 11 is 0. The summed E-state index contributed by atoms with van der Waals surface area (Å²) in [5, 5.41) is 8.87. The number of hydrogen-bond acceptors (Lipinski definition) is 3. The van der Waals surface area contributed by atoms with Gasteiger partial charge in [-0.3, -0.25) is 4.79 Å². The molecule has 0 saturated heterocycles. The van der Waals surface area contributed by atoms with Gasteiger partial charge in [-0.25, -0.2) is 8.42 Å². The molecule has 0 aliphatic carbocycles. The lowest BCUT2D eigenvalue weighted by atomic mass is 10.0. The molecule has 1 atom stereocenters. The molecule has 88 valence electrons. The molecule has 0 saturated carbocycles. The Kier molecular flexibility index (Phi) is 4.32. The van der Waals surface area contributed by atoms with E-state index in [0.29, 0.717) is 0 Å². The van der Waals surface area contributed by atoms with Crippen LogP contribution in [0.5, 0.6) is 0 Å². The van der Waals surface area contributed by atoms with Crippen molar-refractivity contribution in [3.05, 3.63) is 35.9 Å². The second kappa shape index (κ2) is 5.32. The number of aliphatic carboxylic acids is 1. The van der Waals surface area contributed by atoms with E-state index in [4.69, 9.17) is 15.8 Å². The van der Waals surface area contributed by atoms with Gasteiger partial charge in [-0.05, 0) is 12.0 Å². The van der Waals surface area contributed by atoms with Gasteiger partial charge in [0, 0.05) is 10.7 Å². The highest BCUT2D eigenvalue weighted by molar-refractivity contribution is 8.13. The summed E-state index contributed by atoms with van der Waals surface area (Å²) in [5.74, 6) is -2.73. The first-order valence-corrected chi connectivity index (χ1v) is 7.05. The Morgan fingerprint density at radius 3 is 2.31 bits per heavy atom. The number of benzene rings is 1. The van der Waals surface area contributed by atoms with E-state index in [9.17, 15) is 13.2 Å². The van der Waals surface area contributed by atoms with Gasteiger partial charge in [0.15, 0.2) is 0 Å². The van der Waals surface area contributed by atoms with Gasteiger partial charge in [0.05, 0.1) is 11.7 Å². The van der Waals surface area contributed by atoms with Gasteiger partial charge in [-0.1, -0.05) is 30.3 Å². The summed E-state index contributed by atoms with van der Waals surface area (Å²) in [4.78, 5) is 10.9. The molecule has 1 rings (SSSR count). The van der Waals surface area contributed by atoms with Gasteiger partial charge >= 0.3 is 5.97 Å². The molecule has 1 aromatic rings. The van der Waals surface area contributed by atoms with Crippen LogP contribution in [-0.2, 0) is 20.3 Å². The second-order valence-corrected chi connectivity index (χ2v) is 6.25. The van der Waals surface area contributed by atoms with Crippen molar-refractivity contribution in [3.8, 4) is 0 Å². The SMILES string of the molecule is O=C(O)C(Cc1ccccc1)CS(=O)(=O)Cl. The standard InChI is InChI=1S/C10H11ClO4S/c11-16(14,15)7-9(10(12)13)6-8-4-2-1-3-5-8/h1-5,9H,6-7H2,(H,12,13). The Labute approximate surface area is 98.3 Å². The van der Waals surface area contributed by atoms with E-state index in [1.807, 2.05) is 0 Å². The van der Waals surface area contributed by atoms with Gasteiger partial charge < -0.3 is 5.11 Å². The fraction of sp³-hybridized carbons (Fsp3) is 0.300. The zero-order valence-electron chi connectivity index (χ0n) is 8.34. The Balaban J connectivity index is 2.77. The average molecular weight is 263 g/mol. The summed E-state index contributed by atoms with van der Waals surface area (Å²) in [6, 6.07) is 8.83. The normalized spacial score (nSPS) is 13.3. The van der Waals surface area contributed by atoms with Gasteiger partial charge in [0.25, 0.3) is 0 Å². The summed E-state index contributed by atoms with van der Waals surface area (Å²) in [5.41, 5.74) is 0.773. The minimum absolute atomic E-state index is 0.155. The molecule has 0 radical (unpaired) electrons. The third-order valence-corrected chi connectivity index (χ3v) is 3.25. The fourth-order valence-corrected chi connectivity index (χ4v) is 2.55. The van der Waals surface area contributed by atoms with Gasteiger partial charge in [-0.15, -0.1) is 0 Å². The van der Waals surface area contributed by atoms with Crippen LogP contribution in [0.25, 0.3) is 0 Å². The zero-order chi connectivity index (χ0) is 12.2. The molecule has 0 spiro atoms. The maximum Gasteiger partial charge on any atom is 0.307 e. The number of hydrogen-bond donors (Lipinski definition) is 1. The highest BCUT2D eigenvalue weighted by atomic mass is 35.7. The lowest BCUT2D eigenvalue weighted by molar-refractivity contribution is -0.140. The van der Waals surface area contributed by atoms with Crippen molar-refractivity contribution in [2.24, 2.45) is 5.92 Å². The second-order valence-electron chi connectivity index (χ2n) is 3.43. The van der Waals surface area contributed by atoms with E-state index in [0.717, 1.165) is 5.56 Å². The van der Waals surface area contributed by atoms with Crippen molar-refractivity contribution in [2.45, 2.75) is 6.42 Å². The summed E-state index contributed by atoms with van der Waals surface area (Å²) in [6.45, 7) is 0. The molecule has 4 nitrogen and oxygen atoms in total. The topological polar surface area (TPSA) is 71.4 Å². The van der Waals surface area contributed by atoms with Crippen LogP contribution in [0.3, 0.4) is 0 Å². The number of halogens is 1. The van der Waals surface area contributed by atoms with E-state index in [-0.39, 0.29) is 6.42 Å². The smallest absolute Gasteiger partial charge is 0.307 e. The molecule has 0 bridgehead atoms. The third kappa shape index (κ3) is 4.63. The molecule has 0 amide bonds. The molecule has 6 heteroatoms. The van der Waals surface area contributed by atoms with Crippen LogP contribution in [0.2, 0.25) is 0 Å². The maximum absolute atomic E-state index is 10.9. The fourth-order valence-electron chi connectivity index (χ4n) is 1.36. The first kappa shape index (κ1) is 13.0. The van der Waals surface area contributed by atoms with Crippen LogP contribution in [0.1, 0.15) is 5.56 Å². The van der Waals surface area contributed by atoms with Crippen molar-refractivity contribution in [1.82, 2.24) is 0 Å². The zero-order valence-corrected chi connectivity index (χ0v) is 9.91. The Morgan fingerprint density at radius 2 is 1.88 bits per heavy atom. The molecule has 1 N–H and O–H groups in total. The third-order valence-electron chi connectivity index (χ3n) is 2.07. The van der Waals surface area contributed by atoms with E-state index in [2.05, 4.69) is 0 Å². The quantitative estimate of drug-likeness (QED) is 0.817. The molecule has 0 aliphatic rings. The largest absolute Gasteiger partial charge is 0.481 e. The van der Waals surface area contributed by atoms with Crippen LogP contribution in [0.4, 0.5) is 0 Å². The van der Waals surface area contributed by atoms with E-state index >= 15 is 0 Å². The Morgan fingerprint density at radius 1 is 1.31 bits per heavy atom. The summed E-state index contributed by atoms with van der Waals surface area (Å²) in [7, 11) is 1.25. The molecule has 0 heterocycles. The predicted molar refractivity (Wildman–Crippen MR) is 60.9 cm³/mol. The van der Waals surface area contributed by atoms with Crippen LogP contribution < -0.4 is 0 Å². The van der Waals surface area contributed by atoms with Crippen molar-refractivity contribution in [3.63, 3.8) is 0 Å². The van der Waals surface area contributed by atoms with Crippen molar-refractivity contribution >= 4 is 25.7 Å². The molecule has 0 aromatic heterocycles. The number of carboxylic acid groups (broad SMARTS) is 1. The first-order chi connectivity index (χ1) is 7.38. The minimum Gasteiger partial charge on any atom is -0.481 e. The molecule has 1 aromatic carbocycles. The van der Waals surface area contributed by atoms with E-state index in [1.54, 1.807) is 30.3 Å². The lowest BCUT2D eigenvalue weighted by Gasteiger charge is -2.09. The van der Waals surface area contributed by atoms with Crippen molar-refractivity contribution in [1.29, 1.82) is 0 Å². The van der Waals surface area contributed by atoms with Crippen LogP contribution in [-0.4, -0.2) is 25.2 Å². The highest BCUT2D eigenvalue weighted by Gasteiger charge is 2.24. The van der Waals surface area contributed by atoms with Crippen LogP contribution in [0, 0.1) is 5.92 Å². The lowest BCUT2D eigenvalue weighted by Crippen LogP contribution is -2.23. The summed E-state index contributed by atoms with van der Waals surface area (Å²) < 4.78 is 21.7. The Bertz CT molecular complexity index is 455. The highest BCUT2D eigenvalue weighted by Crippen LogP contribution is 2.13. The minimum atomic E-state index is -3.80. The van der Waals surface area contributed by atoms with Crippen molar-refractivity contribution in [2.75, 3.05) is 5.75 Å². The van der Waals surface area contributed by atoms with Crippen LogP contribution in [0.15, 0.2) is 30.3 Å². The molecular weight excluding hydrogens is 252 g/mol. The molecular formula is C10H11ClO4S. The van der Waals surface area contributed by atoms with Crippen molar-refractivity contribution < 1.29 is 18.3 Å². The summed E-state index contributed by atoms with van der Waals surface area (Å²) in [6.07, 6.45) is 0.155. The number of rotatable bonds is 5. The molecule has 0 fully saturated rings. The molecule has 1 unspecified atom stereocenters.